The van der Waals surface area contributed by atoms with Crippen LogP contribution in [0.3, 0.4) is 0 Å². The zero-order valence-electron chi connectivity index (χ0n) is 10.4. The number of amides is 1. The first-order chi connectivity index (χ1) is 9.10. The van der Waals surface area contributed by atoms with Gasteiger partial charge in [0.05, 0.1) is 5.69 Å². The molecule has 0 bridgehead atoms. The number of nitrogens with one attached hydrogen (secondary N) is 1. The summed E-state index contributed by atoms with van der Waals surface area (Å²) in [6.45, 7) is 2.37. The van der Waals surface area contributed by atoms with Gasteiger partial charge in [-0.05, 0) is 37.3 Å². The minimum absolute atomic E-state index is 0.123. The molecule has 0 saturated carbocycles. The van der Waals surface area contributed by atoms with Crippen LogP contribution < -0.4 is 10.9 Å². The fourth-order valence-electron chi connectivity index (χ4n) is 1.66. The highest BCUT2D eigenvalue weighted by molar-refractivity contribution is 6.04. The van der Waals surface area contributed by atoms with Gasteiger partial charge in [-0.2, -0.15) is 0 Å². The molecule has 0 atom stereocenters. The number of carbonyl (C=O) groups is 1. The Hall–Kier alpha value is -2.43. The zero-order chi connectivity index (χ0) is 13.8. The topological polar surface area (TPSA) is 51.1 Å². The average molecular weight is 260 g/mol. The standard InChI is InChI=1S/C14H13FN2O2/c1-2-17-9-12(7-8-13(17)18)16-14(19)10-3-5-11(15)6-4-10/h3-9H,2H2,1H3,(H,16,19). The number of hydrogen-bond acceptors (Lipinski definition) is 2. The maximum Gasteiger partial charge on any atom is 0.255 e. The SMILES string of the molecule is CCn1cc(NC(=O)c2ccc(F)cc2)ccc1=O. The maximum atomic E-state index is 12.8. The van der Waals surface area contributed by atoms with Gasteiger partial charge in [0.15, 0.2) is 0 Å². The smallest absolute Gasteiger partial charge is 0.255 e. The van der Waals surface area contributed by atoms with Gasteiger partial charge in [-0.15, -0.1) is 0 Å². The van der Waals surface area contributed by atoms with Crippen molar-refractivity contribution in [1.29, 1.82) is 0 Å². The lowest BCUT2D eigenvalue weighted by atomic mass is 10.2. The molecular formula is C14H13FN2O2. The second-order valence-corrected chi connectivity index (χ2v) is 4.00. The van der Waals surface area contributed by atoms with Gasteiger partial charge in [0.1, 0.15) is 5.82 Å². The number of nitrogens with zero attached hydrogens (tertiary/aromatic N) is 1. The molecular weight excluding hydrogens is 247 g/mol. The lowest BCUT2D eigenvalue weighted by Gasteiger charge is -2.07. The summed E-state index contributed by atoms with van der Waals surface area (Å²) >= 11 is 0. The molecule has 0 spiro atoms. The Bertz CT molecular complexity index is 647. The number of benzene rings is 1. The summed E-state index contributed by atoms with van der Waals surface area (Å²) in [7, 11) is 0. The fraction of sp³-hybridized carbons (Fsp3) is 0.143. The molecule has 0 saturated heterocycles. The number of carbonyl (C=O) groups excluding carboxylic acids is 1. The van der Waals surface area contributed by atoms with Crippen molar-refractivity contribution in [2.45, 2.75) is 13.5 Å². The Morgan fingerprint density at radius 2 is 1.89 bits per heavy atom. The normalized spacial score (nSPS) is 10.2. The molecule has 0 aliphatic carbocycles. The number of hydrogen-bond donors (Lipinski definition) is 1. The molecule has 0 radical (unpaired) electrons. The van der Waals surface area contributed by atoms with E-state index in [0.29, 0.717) is 17.8 Å². The second-order valence-electron chi connectivity index (χ2n) is 4.00. The van der Waals surface area contributed by atoms with Crippen LogP contribution in [0.25, 0.3) is 0 Å². The van der Waals surface area contributed by atoms with Gasteiger partial charge in [0, 0.05) is 24.4 Å². The molecule has 0 fully saturated rings. The first kappa shape index (κ1) is 13.0. The molecule has 2 aromatic rings. The van der Waals surface area contributed by atoms with Crippen molar-refractivity contribution in [2.75, 3.05) is 5.32 Å². The van der Waals surface area contributed by atoms with E-state index in [1.54, 1.807) is 6.20 Å². The van der Waals surface area contributed by atoms with Gasteiger partial charge >= 0.3 is 0 Å². The van der Waals surface area contributed by atoms with Crippen molar-refractivity contribution in [3.63, 3.8) is 0 Å². The monoisotopic (exact) mass is 260 g/mol. The van der Waals surface area contributed by atoms with Crippen molar-refractivity contribution in [3.05, 3.63) is 64.3 Å². The zero-order valence-corrected chi connectivity index (χ0v) is 10.4. The molecule has 1 aromatic carbocycles. The van der Waals surface area contributed by atoms with E-state index in [9.17, 15) is 14.0 Å². The number of aryl methyl sites for hydroxylation is 1. The van der Waals surface area contributed by atoms with E-state index in [1.807, 2.05) is 6.92 Å². The molecule has 1 aromatic heterocycles. The molecule has 0 unspecified atom stereocenters. The van der Waals surface area contributed by atoms with E-state index < -0.39 is 5.82 Å². The van der Waals surface area contributed by atoms with Crippen molar-refractivity contribution >= 4 is 11.6 Å². The van der Waals surface area contributed by atoms with Crippen LogP contribution in [-0.4, -0.2) is 10.5 Å². The summed E-state index contributed by atoms with van der Waals surface area (Å²) in [4.78, 5) is 23.3. The van der Waals surface area contributed by atoms with Crippen LogP contribution in [-0.2, 0) is 6.54 Å². The van der Waals surface area contributed by atoms with E-state index >= 15 is 0 Å². The second kappa shape index (κ2) is 5.48. The highest BCUT2D eigenvalue weighted by atomic mass is 19.1. The third-order valence-corrected chi connectivity index (χ3v) is 2.69. The van der Waals surface area contributed by atoms with Crippen molar-refractivity contribution in [1.82, 2.24) is 4.57 Å². The highest BCUT2D eigenvalue weighted by Gasteiger charge is 2.06. The first-order valence-corrected chi connectivity index (χ1v) is 5.87. The van der Waals surface area contributed by atoms with Crippen LogP contribution in [0.4, 0.5) is 10.1 Å². The quantitative estimate of drug-likeness (QED) is 0.920. The van der Waals surface area contributed by atoms with Crippen molar-refractivity contribution in [2.24, 2.45) is 0 Å². The predicted molar refractivity (Wildman–Crippen MR) is 70.7 cm³/mol. The number of pyridine rings is 1. The van der Waals surface area contributed by atoms with Crippen LogP contribution in [0, 0.1) is 5.82 Å². The lowest BCUT2D eigenvalue weighted by Crippen LogP contribution is -2.19. The van der Waals surface area contributed by atoms with Crippen LogP contribution in [0.15, 0.2) is 47.4 Å². The third kappa shape index (κ3) is 3.07. The molecule has 2 rings (SSSR count). The summed E-state index contributed by atoms with van der Waals surface area (Å²) in [5, 5.41) is 2.66. The maximum absolute atomic E-state index is 12.8. The number of rotatable bonds is 3. The number of anilines is 1. The van der Waals surface area contributed by atoms with E-state index in [2.05, 4.69) is 5.32 Å². The van der Waals surface area contributed by atoms with Crippen molar-refractivity contribution in [3.8, 4) is 0 Å². The minimum atomic E-state index is -0.393. The summed E-state index contributed by atoms with van der Waals surface area (Å²) < 4.78 is 14.2. The molecule has 5 heteroatoms. The first-order valence-electron chi connectivity index (χ1n) is 5.87. The van der Waals surface area contributed by atoms with Crippen molar-refractivity contribution < 1.29 is 9.18 Å². The molecule has 4 nitrogen and oxygen atoms in total. The Labute approximate surface area is 109 Å². The van der Waals surface area contributed by atoms with Gasteiger partial charge < -0.3 is 9.88 Å². The summed E-state index contributed by atoms with van der Waals surface area (Å²) in [5.41, 5.74) is 0.758. The fourth-order valence-corrected chi connectivity index (χ4v) is 1.66. The molecule has 0 aliphatic heterocycles. The van der Waals surface area contributed by atoms with Crippen LogP contribution in [0.5, 0.6) is 0 Å². The summed E-state index contributed by atoms with van der Waals surface area (Å²) in [6.07, 6.45) is 1.57. The Balaban J connectivity index is 2.19. The minimum Gasteiger partial charge on any atom is -0.321 e. The number of halogens is 1. The molecule has 98 valence electrons. The lowest BCUT2D eigenvalue weighted by molar-refractivity contribution is 0.102. The molecule has 19 heavy (non-hydrogen) atoms. The Morgan fingerprint density at radius 1 is 1.21 bits per heavy atom. The highest BCUT2D eigenvalue weighted by Crippen LogP contribution is 2.08. The summed E-state index contributed by atoms with van der Waals surface area (Å²) in [5.74, 6) is -0.739. The van der Waals surface area contributed by atoms with Crippen LogP contribution in [0.1, 0.15) is 17.3 Å². The summed E-state index contributed by atoms with van der Waals surface area (Å²) in [6, 6.07) is 8.18. The van der Waals surface area contributed by atoms with Crippen LogP contribution in [0.2, 0.25) is 0 Å². The van der Waals surface area contributed by atoms with E-state index in [4.69, 9.17) is 0 Å². The van der Waals surface area contributed by atoms with E-state index in [-0.39, 0.29) is 11.5 Å². The largest absolute Gasteiger partial charge is 0.321 e. The third-order valence-electron chi connectivity index (χ3n) is 2.69. The van der Waals surface area contributed by atoms with Gasteiger partial charge in [-0.3, -0.25) is 9.59 Å². The van der Waals surface area contributed by atoms with E-state index in [0.717, 1.165) is 0 Å². The number of aromatic nitrogens is 1. The predicted octanol–water partition coefficient (Wildman–Crippen LogP) is 2.26. The van der Waals surface area contributed by atoms with E-state index in [1.165, 1.54) is 41.0 Å². The molecule has 0 aliphatic rings. The molecule has 1 N–H and O–H groups in total. The Kier molecular flexibility index (Phi) is 3.75. The van der Waals surface area contributed by atoms with Gasteiger partial charge in [0.25, 0.3) is 11.5 Å². The van der Waals surface area contributed by atoms with Gasteiger partial charge in [-0.1, -0.05) is 0 Å². The average Bonchev–Trinajstić information content (AvgIpc) is 2.41. The Morgan fingerprint density at radius 3 is 2.53 bits per heavy atom. The van der Waals surface area contributed by atoms with Gasteiger partial charge in [0.2, 0.25) is 0 Å². The molecule has 1 heterocycles. The molecule has 1 amide bonds. The van der Waals surface area contributed by atoms with Crippen LogP contribution >= 0.6 is 0 Å². The van der Waals surface area contributed by atoms with Gasteiger partial charge in [-0.25, -0.2) is 4.39 Å².